The largest absolute Gasteiger partial charge is 0.409 e. The molecule has 0 bridgehead atoms. The number of hydrogen-bond acceptors (Lipinski definition) is 5. The molecule has 1 atom stereocenters. The number of rotatable bonds is 5. The monoisotopic (exact) mass is 418 g/mol. The van der Waals surface area contributed by atoms with Gasteiger partial charge in [0, 0.05) is 25.3 Å². The van der Waals surface area contributed by atoms with Crippen LogP contribution < -0.4 is 4.90 Å². The summed E-state index contributed by atoms with van der Waals surface area (Å²) >= 11 is 1.75. The number of aliphatic hydroxyl groups excluding tert-OH is 1. The van der Waals surface area contributed by atoms with Crippen LogP contribution >= 0.6 is 11.3 Å². The van der Waals surface area contributed by atoms with E-state index in [1.165, 1.54) is 10.6 Å². The molecular formula is C22H34N2O2SSi. The maximum absolute atomic E-state index is 9.92. The highest BCUT2D eigenvalue weighted by atomic mass is 32.1. The predicted octanol–water partition coefficient (Wildman–Crippen LogP) is 5.77. The second-order valence-electron chi connectivity index (χ2n) is 9.48. The normalized spacial score (nSPS) is 17.5. The van der Waals surface area contributed by atoms with Crippen molar-refractivity contribution in [3.63, 3.8) is 0 Å². The Hall–Kier alpha value is -1.21. The van der Waals surface area contributed by atoms with Gasteiger partial charge in [0.2, 0.25) is 0 Å². The van der Waals surface area contributed by atoms with Gasteiger partial charge in [-0.25, -0.2) is 4.98 Å². The first-order valence-corrected chi connectivity index (χ1v) is 13.8. The quantitative estimate of drug-likeness (QED) is 0.626. The van der Waals surface area contributed by atoms with E-state index in [0.29, 0.717) is 0 Å². The molecule has 1 aromatic heterocycles. The average molecular weight is 419 g/mol. The molecule has 1 heterocycles. The second-order valence-corrected chi connectivity index (χ2v) is 15.3. The van der Waals surface area contributed by atoms with Gasteiger partial charge in [-0.1, -0.05) is 20.8 Å². The third-order valence-electron chi connectivity index (χ3n) is 6.15. The summed E-state index contributed by atoms with van der Waals surface area (Å²) in [5.41, 5.74) is 4.25. The molecule has 28 heavy (non-hydrogen) atoms. The lowest BCUT2D eigenvalue weighted by atomic mass is 10.0. The van der Waals surface area contributed by atoms with Gasteiger partial charge in [-0.05, 0) is 61.2 Å². The van der Waals surface area contributed by atoms with Crippen LogP contribution in [0, 0.1) is 0 Å². The van der Waals surface area contributed by atoms with Crippen LogP contribution in [-0.2, 0) is 17.5 Å². The van der Waals surface area contributed by atoms with E-state index < -0.39 is 8.32 Å². The molecule has 1 N–H and O–H groups in total. The van der Waals surface area contributed by atoms with Crippen molar-refractivity contribution < 1.29 is 9.53 Å². The Morgan fingerprint density at radius 1 is 1.29 bits per heavy atom. The van der Waals surface area contributed by atoms with E-state index in [1.807, 2.05) is 14.1 Å². The summed E-state index contributed by atoms with van der Waals surface area (Å²) in [5, 5.41) is 11.1. The number of nitrogens with zero attached hydrogens (tertiary/aromatic N) is 2. The minimum Gasteiger partial charge on any atom is -0.409 e. The molecule has 0 saturated carbocycles. The van der Waals surface area contributed by atoms with Crippen molar-refractivity contribution in [3.8, 4) is 10.6 Å². The third-order valence-corrected chi connectivity index (χ3v) is 11.9. The van der Waals surface area contributed by atoms with Gasteiger partial charge in [-0.15, -0.1) is 11.3 Å². The zero-order chi connectivity index (χ0) is 20.7. The number of thiazole rings is 1. The summed E-state index contributed by atoms with van der Waals surface area (Å²) in [5.74, 6) is 0. The van der Waals surface area contributed by atoms with Crippen LogP contribution in [0.15, 0.2) is 18.2 Å². The van der Waals surface area contributed by atoms with Gasteiger partial charge >= 0.3 is 0 Å². The summed E-state index contributed by atoms with van der Waals surface area (Å²) in [7, 11) is 2.19. The fourth-order valence-electron chi connectivity index (χ4n) is 3.34. The van der Waals surface area contributed by atoms with E-state index in [9.17, 15) is 5.11 Å². The van der Waals surface area contributed by atoms with Gasteiger partial charge in [0.05, 0.1) is 23.3 Å². The molecule has 154 valence electrons. The Kier molecular flexibility index (Phi) is 6.06. The minimum atomic E-state index is -1.84. The second kappa shape index (κ2) is 7.90. The maximum Gasteiger partial charge on any atom is 0.192 e. The first-order valence-electron chi connectivity index (χ1n) is 10.1. The van der Waals surface area contributed by atoms with Crippen molar-refractivity contribution >= 4 is 25.3 Å². The molecular weight excluding hydrogens is 384 g/mol. The smallest absolute Gasteiger partial charge is 0.192 e. The topological polar surface area (TPSA) is 45.6 Å². The SMILES string of the molecule is CN(C)c1ccc(-c2nc3c(s2)C(O[Si](C)(C)C(C)(C)C)CCC3)c(CO)c1. The highest BCUT2D eigenvalue weighted by molar-refractivity contribution is 7.15. The van der Waals surface area contributed by atoms with Crippen LogP contribution in [0.2, 0.25) is 18.1 Å². The van der Waals surface area contributed by atoms with Crippen molar-refractivity contribution in [1.82, 2.24) is 4.98 Å². The van der Waals surface area contributed by atoms with Crippen LogP contribution in [0.3, 0.4) is 0 Å². The van der Waals surface area contributed by atoms with Gasteiger partial charge < -0.3 is 14.4 Å². The average Bonchev–Trinajstić information content (AvgIpc) is 3.05. The minimum absolute atomic E-state index is 0.0190. The molecule has 0 radical (unpaired) electrons. The molecule has 0 amide bonds. The zero-order valence-corrected chi connectivity index (χ0v) is 20.1. The van der Waals surface area contributed by atoms with E-state index >= 15 is 0 Å². The summed E-state index contributed by atoms with van der Waals surface area (Å²) < 4.78 is 6.78. The van der Waals surface area contributed by atoms with E-state index in [4.69, 9.17) is 9.41 Å². The van der Waals surface area contributed by atoms with Crippen LogP contribution in [0.5, 0.6) is 0 Å². The van der Waals surface area contributed by atoms with Gasteiger partial charge in [-0.3, -0.25) is 0 Å². The Morgan fingerprint density at radius 2 is 2.00 bits per heavy atom. The third kappa shape index (κ3) is 4.20. The number of anilines is 1. The maximum atomic E-state index is 9.92. The molecule has 0 fully saturated rings. The van der Waals surface area contributed by atoms with E-state index in [1.54, 1.807) is 11.3 Å². The molecule has 3 rings (SSSR count). The number of benzene rings is 1. The standard InChI is InChI=1S/C22H34N2O2SSi/c1-22(2,3)28(6,7)26-19-10-8-9-18-20(19)27-21(23-18)17-12-11-16(24(4)5)13-15(17)14-25/h11-13,19,25H,8-10,14H2,1-7H3. The first kappa shape index (κ1) is 21.5. The van der Waals surface area contributed by atoms with Crippen molar-refractivity contribution in [1.29, 1.82) is 0 Å². The number of aromatic nitrogens is 1. The first-order chi connectivity index (χ1) is 13.0. The molecule has 1 aromatic carbocycles. The lowest BCUT2D eigenvalue weighted by Crippen LogP contribution is -2.42. The molecule has 2 aromatic rings. The summed E-state index contributed by atoms with van der Waals surface area (Å²) in [6.07, 6.45) is 3.39. The van der Waals surface area contributed by atoms with E-state index in [2.05, 4.69) is 57.0 Å². The van der Waals surface area contributed by atoms with E-state index in [-0.39, 0.29) is 17.7 Å². The van der Waals surface area contributed by atoms with Crippen molar-refractivity contribution in [2.24, 2.45) is 0 Å². The molecule has 1 unspecified atom stereocenters. The Bertz CT molecular complexity index is 840. The van der Waals surface area contributed by atoms with Crippen molar-refractivity contribution in [2.45, 2.75) is 70.9 Å². The molecule has 0 spiro atoms. The van der Waals surface area contributed by atoms with Crippen LogP contribution in [0.4, 0.5) is 5.69 Å². The van der Waals surface area contributed by atoms with Gasteiger partial charge in [0.25, 0.3) is 0 Å². The molecule has 6 heteroatoms. The van der Waals surface area contributed by atoms with Gasteiger partial charge in [0.15, 0.2) is 8.32 Å². The fraction of sp³-hybridized carbons (Fsp3) is 0.591. The van der Waals surface area contributed by atoms with Crippen LogP contribution in [0.1, 0.15) is 55.9 Å². The van der Waals surface area contributed by atoms with Gasteiger partial charge in [-0.2, -0.15) is 0 Å². The molecule has 4 nitrogen and oxygen atoms in total. The van der Waals surface area contributed by atoms with E-state index in [0.717, 1.165) is 41.1 Å². The summed E-state index contributed by atoms with van der Waals surface area (Å²) in [4.78, 5) is 8.33. The predicted molar refractivity (Wildman–Crippen MR) is 122 cm³/mol. The Labute approximate surface area is 174 Å². The summed E-state index contributed by atoms with van der Waals surface area (Å²) in [6.45, 7) is 11.5. The Balaban J connectivity index is 1.95. The van der Waals surface area contributed by atoms with Crippen molar-refractivity contribution in [3.05, 3.63) is 34.3 Å². The Morgan fingerprint density at radius 3 is 2.61 bits per heavy atom. The number of aryl methyl sites for hydroxylation is 1. The number of aliphatic hydroxyl groups is 1. The lowest BCUT2D eigenvalue weighted by molar-refractivity contribution is 0.166. The zero-order valence-electron chi connectivity index (χ0n) is 18.3. The molecule has 0 saturated heterocycles. The van der Waals surface area contributed by atoms with Crippen LogP contribution in [-0.4, -0.2) is 32.5 Å². The molecule has 1 aliphatic rings. The summed E-state index contributed by atoms with van der Waals surface area (Å²) in [6, 6.07) is 6.24. The number of hydrogen-bond donors (Lipinski definition) is 1. The highest BCUT2D eigenvalue weighted by Gasteiger charge is 2.41. The van der Waals surface area contributed by atoms with Crippen molar-refractivity contribution in [2.75, 3.05) is 19.0 Å². The number of fused-ring (bicyclic) bond motifs is 1. The van der Waals surface area contributed by atoms with Gasteiger partial charge in [0.1, 0.15) is 5.01 Å². The fourth-order valence-corrected chi connectivity index (χ4v) is 5.96. The lowest BCUT2D eigenvalue weighted by Gasteiger charge is -2.40. The molecule has 1 aliphatic carbocycles. The highest BCUT2D eigenvalue weighted by Crippen LogP contribution is 2.46. The van der Waals surface area contributed by atoms with Crippen LogP contribution in [0.25, 0.3) is 10.6 Å². The molecule has 0 aliphatic heterocycles.